The lowest BCUT2D eigenvalue weighted by atomic mass is 10.1. The first-order valence-electron chi connectivity index (χ1n) is 6.22. The summed E-state index contributed by atoms with van der Waals surface area (Å²) < 4.78 is 44.5. The van der Waals surface area contributed by atoms with E-state index >= 15 is 0 Å². The number of fused-ring (bicyclic) bond motifs is 1. The van der Waals surface area contributed by atoms with Crippen molar-refractivity contribution >= 4 is 11.0 Å². The van der Waals surface area contributed by atoms with Crippen LogP contribution in [-0.4, -0.2) is 12.7 Å². The lowest BCUT2D eigenvalue weighted by Gasteiger charge is -2.19. The summed E-state index contributed by atoms with van der Waals surface area (Å²) in [6.45, 7) is 3.93. The van der Waals surface area contributed by atoms with Gasteiger partial charge in [0.1, 0.15) is 11.3 Å². The zero-order valence-corrected chi connectivity index (χ0v) is 10.8. The normalized spacial score (nSPS) is 13.9. The maximum atomic E-state index is 13.0. The van der Waals surface area contributed by atoms with Crippen LogP contribution in [0.3, 0.4) is 0 Å². The van der Waals surface area contributed by atoms with Crippen molar-refractivity contribution in [2.45, 2.75) is 32.5 Å². The fourth-order valence-corrected chi connectivity index (χ4v) is 2.04. The van der Waals surface area contributed by atoms with Gasteiger partial charge in [0.2, 0.25) is 0 Å². The molecule has 1 heterocycles. The average Bonchev–Trinajstić information content (AvgIpc) is 2.73. The van der Waals surface area contributed by atoms with Crippen molar-refractivity contribution in [2.24, 2.45) is 0 Å². The van der Waals surface area contributed by atoms with Crippen molar-refractivity contribution < 1.29 is 17.6 Å². The molecule has 0 bridgehead atoms. The fourth-order valence-electron chi connectivity index (χ4n) is 2.04. The van der Waals surface area contributed by atoms with Crippen molar-refractivity contribution in [1.29, 1.82) is 0 Å². The third-order valence-corrected chi connectivity index (χ3v) is 2.97. The molecule has 0 aliphatic heterocycles. The molecule has 5 heteroatoms. The van der Waals surface area contributed by atoms with E-state index in [-0.39, 0.29) is 5.76 Å². The zero-order valence-electron chi connectivity index (χ0n) is 10.8. The minimum atomic E-state index is -4.36. The molecule has 1 aromatic heterocycles. The highest BCUT2D eigenvalue weighted by Gasteiger charge is 2.42. The van der Waals surface area contributed by atoms with Gasteiger partial charge in [-0.05, 0) is 31.5 Å². The molecule has 2 rings (SSSR count). The van der Waals surface area contributed by atoms with E-state index in [2.05, 4.69) is 5.32 Å². The van der Waals surface area contributed by atoms with Gasteiger partial charge in [-0.1, -0.05) is 25.1 Å². The molecule has 0 aliphatic rings. The number of para-hydroxylation sites is 1. The maximum Gasteiger partial charge on any atom is 0.410 e. The van der Waals surface area contributed by atoms with E-state index in [4.69, 9.17) is 4.42 Å². The second-order valence-electron chi connectivity index (χ2n) is 4.57. The molecule has 0 aliphatic carbocycles. The molecular formula is C14H16F3NO. The Morgan fingerprint density at radius 2 is 2.05 bits per heavy atom. The summed E-state index contributed by atoms with van der Waals surface area (Å²) in [6, 6.07) is 5.09. The molecule has 2 aromatic rings. The largest absolute Gasteiger partial charge is 0.459 e. The van der Waals surface area contributed by atoms with Crippen LogP contribution in [0, 0.1) is 6.92 Å². The minimum absolute atomic E-state index is 0.0785. The lowest BCUT2D eigenvalue weighted by Crippen LogP contribution is -2.34. The van der Waals surface area contributed by atoms with Crippen molar-refractivity contribution in [3.63, 3.8) is 0 Å². The number of hydrogen-bond donors (Lipinski definition) is 1. The molecule has 0 amide bonds. The number of rotatable bonds is 4. The Balaban J connectivity index is 2.41. The highest BCUT2D eigenvalue weighted by atomic mass is 19.4. The van der Waals surface area contributed by atoms with Gasteiger partial charge in [-0.15, -0.1) is 0 Å². The van der Waals surface area contributed by atoms with Crippen LogP contribution in [0.4, 0.5) is 13.2 Å². The standard InChI is InChI=1S/C14H16F3NO/c1-3-7-18-13(14(15,16)17)11-8-10-6-4-5-9(2)12(10)19-11/h4-6,8,13,18H,3,7H2,1-2H3. The first kappa shape index (κ1) is 13.9. The SMILES string of the molecule is CCCNC(c1cc2cccc(C)c2o1)C(F)(F)F. The number of hydrogen-bond acceptors (Lipinski definition) is 2. The average molecular weight is 271 g/mol. The second kappa shape index (κ2) is 5.25. The molecule has 1 unspecified atom stereocenters. The van der Waals surface area contributed by atoms with E-state index in [0.717, 1.165) is 5.56 Å². The molecule has 1 aromatic carbocycles. The molecule has 1 atom stereocenters. The summed E-state index contributed by atoms with van der Waals surface area (Å²) in [6.07, 6.45) is -3.73. The Labute approximate surface area is 109 Å². The summed E-state index contributed by atoms with van der Waals surface area (Å²) in [5.41, 5.74) is 1.35. The van der Waals surface area contributed by atoms with Crippen LogP contribution in [-0.2, 0) is 0 Å². The van der Waals surface area contributed by atoms with Crippen molar-refractivity contribution in [3.05, 3.63) is 35.6 Å². The number of alkyl halides is 3. The summed E-state index contributed by atoms with van der Waals surface area (Å²) in [7, 11) is 0. The molecule has 1 N–H and O–H groups in total. The molecule has 0 saturated heterocycles. The topological polar surface area (TPSA) is 25.2 Å². The maximum absolute atomic E-state index is 13.0. The van der Waals surface area contributed by atoms with Gasteiger partial charge < -0.3 is 4.42 Å². The number of benzene rings is 1. The Hall–Kier alpha value is -1.49. The van der Waals surface area contributed by atoms with Crippen molar-refractivity contribution in [3.8, 4) is 0 Å². The highest BCUT2D eigenvalue weighted by Crippen LogP contribution is 2.36. The van der Waals surface area contributed by atoms with Gasteiger partial charge in [0.05, 0.1) is 0 Å². The number of furan rings is 1. The monoisotopic (exact) mass is 271 g/mol. The van der Waals surface area contributed by atoms with Crippen molar-refractivity contribution in [1.82, 2.24) is 5.32 Å². The zero-order chi connectivity index (χ0) is 14.0. The molecule has 0 fully saturated rings. The van der Waals surface area contributed by atoms with Gasteiger partial charge in [0.25, 0.3) is 0 Å². The number of aryl methyl sites for hydroxylation is 1. The molecule has 0 saturated carbocycles. The lowest BCUT2D eigenvalue weighted by molar-refractivity contribution is -0.161. The Kier molecular flexibility index (Phi) is 3.85. The first-order chi connectivity index (χ1) is 8.93. The summed E-state index contributed by atoms with van der Waals surface area (Å²) in [5, 5.41) is 3.18. The van der Waals surface area contributed by atoms with Gasteiger partial charge >= 0.3 is 6.18 Å². The van der Waals surface area contributed by atoms with Gasteiger partial charge in [0, 0.05) is 5.39 Å². The van der Waals surface area contributed by atoms with E-state index in [1.54, 1.807) is 12.1 Å². The Morgan fingerprint density at radius 3 is 2.63 bits per heavy atom. The van der Waals surface area contributed by atoms with E-state index in [0.29, 0.717) is 23.9 Å². The van der Waals surface area contributed by atoms with E-state index in [1.165, 1.54) is 6.07 Å². The molecule has 104 valence electrons. The van der Waals surface area contributed by atoms with Crippen LogP contribution >= 0.6 is 0 Å². The van der Waals surface area contributed by atoms with Crippen LogP contribution in [0.15, 0.2) is 28.7 Å². The second-order valence-corrected chi connectivity index (χ2v) is 4.57. The van der Waals surface area contributed by atoms with Crippen LogP contribution in [0.2, 0.25) is 0 Å². The smallest absolute Gasteiger partial charge is 0.410 e. The molecule has 0 spiro atoms. The van der Waals surface area contributed by atoms with E-state index in [1.807, 2.05) is 19.9 Å². The number of nitrogens with one attached hydrogen (secondary N) is 1. The minimum Gasteiger partial charge on any atom is -0.459 e. The quantitative estimate of drug-likeness (QED) is 0.894. The first-order valence-corrected chi connectivity index (χ1v) is 6.22. The van der Waals surface area contributed by atoms with E-state index < -0.39 is 12.2 Å². The highest BCUT2D eigenvalue weighted by molar-refractivity contribution is 5.81. The fraction of sp³-hybridized carbons (Fsp3) is 0.429. The van der Waals surface area contributed by atoms with E-state index in [9.17, 15) is 13.2 Å². The Morgan fingerprint density at radius 1 is 1.32 bits per heavy atom. The van der Waals surface area contributed by atoms with Crippen LogP contribution in [0.25, 0.3) is 11.0 Å². The van der Waals surface area contributed by atoms with Crippen LogP contribution < -0.4 is 5.32 Å². The summed E-state index contributed by atoms with van der Waals surface area (Å²) >= 11 is 0. The van der Waals surface area contributed by atoms with Gasteiger partial charge in [0.15, 0.2) is 6.04 Å². The van der Waals surface area contributed by atoms with Gasteiger partial charge in [-0.3, -0.25) is 5.32 Å². The van der Waals surface area contributed by atoms with Crippen LogP contribution in [0.1, 0.15) is 30.7 Å². The summed E-state index contributed by atoms with van der Waals surface area (Å²) in [4.78, 5) is 0. The molecule has 19 heavy (non-hydrogen) atoms. The molecule has 2 nitrogen and oxygen atoms in total. The van der Waals surface area contributed by atoms with Crippen LogP contribution in [0.5, 0.6) is 0 Å². The predicted octanol–water partition coefficient (Wildman–Crippen LogP) is 4.34. The molecule has 0 radical (unpaired) electrons. The predicted molar refractivity (Wildman–Crippen MR) is 68.0 cm³/mol. The van der Waals surface area contributed by atoms with Gasteiger partial charge in [-0.25, -0.2) is 0 Å². The molecular weight excluding hydrogens is 255 g/mol. The Bertz CT molecular complexity index is 559. The van der Waals surface area contributed by atoms with Crippen molar-refractivity contribution in [2.75, 3.05) is 6.54 Å². The third kappa shape index (κ3) is 2.92. The van der Waals surface area contributed by atoms with Gasteiger partial charge in [-0.2, -0.15) is 13.2 Å². The third-order valence-electron chi connectivity index (χ3n) is 2.97. The summed E-state index contributed by atoms with van der Waals surface area (Å²) in [5.74, 6) is -0.0785. The number of halogens is 3.